The number of hydrogen-bond acceptors (Lipinski definition) is 3. The standard InChI is InChI=1S/C13H18N4O2/c1-3-8-15-12(18)9-16-13(14)17-10-6-4-5-7-11(10)19-2/h3-7H,1,8-9H2,2H3,(H,15,18)(H3,14,16,17). The number of carbonyl (C=O) groups excluding carboxylic acids is 1. The zero-order chi connectivity index (χ0) is 14.1. The van der Waals surface area contributed by atoms with E-state index in [2.05, 4.69) is 22.2 Å². The summed E-state index contributed by atoms with van der Waals surface area (Å²) >= 11 is 0. The lowest BCUT2D eigenvalue weighted by atomic mass is 10.3. The zero-order valence-electron chi connectivity index (χ0n) is 10.8. The van der Waals surface area contributed by atoms with E-state index in [4.69, 9.17) is 10.5 Å². The zero-order valence-corrected chi connectivity index (χ0v) is 10.8. The van der Waals surface area contributed by atoms with Crippen molar-refractivity contribution in [3.05, 3.63) is 36.9 Å². The Morgan fingerprint density at radius 1 is 1.53 bits per heavy atom. The quantitative estimate of drug-likeness (QED) is 0.400. The van der Waals surface area contributed by atoms with Crippen molar-refractivity contribution in [3.8, 4) is 5.75 Å². The van der Waals surface area contributed by atoms with Gasteiger partial charge in [-0.2, -0.15) is 0 Å². The van der Waals surface area contributed by atoms with E-state index in [0.717, 1.165) is 0 Å². The maximum atomic E-state index is 11.3. The van der Waals surface area contributed by atoms with Crippen molar-refractivity contribution in [2.24, 2.45) is 10.7 Å². The normalized spacial score (nSPS) is 10.7. The number of guanidine groups is 1. The molecule has 0 saturated heterocycles. The summed E-state index contributed by atoms with van der Waals surface area (Å²) in [7, 11) is 1.57. The van der Waals surface area contributed by atoms with E-state index >= 15 is 0 Å². The summed E-state index contributed by atoms with van der Waals surface area (Å²) in [6, 6.07) is 7.29. The number of ether oxygens (including phenoxy) is 1. The summed E-state index contributed by atoms with van der Waals surface area (Å²) in [6.07, 6.45) is 1.60. The van der Waals surface area contributed by atoms with Gasteiger partial charge in [0, 0.05) is 6.54 Å². The largest absolute Gasteiger partial charge is 0.495 e. The van der Waals surface area contributed by atoms with E-state index in [0.29, 0.717) is 18.0 Å². The van der Waals surface area contributed by atoms with Gasteiger partial charge >= 0.3 is 0 Å². The maximum Gasteiger partial charge on any atom is 0.242 e. The Hall–Kier alpha value is -2.50. The number of amides is 1. The lowest BCUT2D eigenvalue weighted by molar-refractivity contribution is -0.119. The lowest BCUT2D eigenvalue weighted by Crippen LogP contribution is -2.29. The van der Waals surface area contributed by atoms with E-state index in [1.165, 1.54) is 0 Å². The van der Waals surface area contributed by atoms with Crippen LogP contribution in [0.3, 0.4) is 0 Å². The van der Waals surface area contributed by atoms with E-state index in [1.54, 1.807) is 25.3 Å². The highest BCUT2D eigenvalue weighted by atomic mass is 16.5. The van der Waals surface area contributed by atoms with Crippen LogP contribution in [-0.2, 0) is 4.79 Å². The molecule has 0 bridgehead atoms. The molecular weight excluding hydrogens is 244 g/mol. The molecule has 1 aromatic carbocycles. The molecule has 1 aromatic rings. The molecule has 0 atom stereocenters. The summed E-state index contributed by atoms with van der Waals surface area (Å²) in [4.78, 5) is 15.2. The first-order chi connectivity index (χ1) is 9.17. The molecule has 0 fully saturated rings. The van der Waals surface area contributed by atoms with Gasteiger partial charge < -0.3 is 21.1 Å². The van der Waals surface area contributed by atoms with Crippen LogP contribution in [0.2, 0.25) is 0 Å². The van der Waals surface area contributed by atoms with Gasteiger partial charge in [-0.3, -0.25) is 4.79 Å². The minimum absolute atomic E-state index is 0.0399. The van der Waals surface area contributed by atoms with Gasteiger partial charge in [0.05, 0.1) is 12.8 Å². The maximum absolute atomic E-state index is 11.3. The van der Waals surface area contributed by atoms with Gasteiger partial charge in [-0.25, -0.2) is 4.99 Å². The minimum Gasteiger partial charge on any atom is -0.495 e. The van der Waals surface area contributed by atoms with Crippen LogP contribution in [0.4, 0.5) is 5.69 Å². The Balaban J connectivity index is 2.56. The number of nitrogens with one attached hydrogen (secondary N) is 2. The second-order valence-corrected chi connectivity index (χ2v) is 3.62. The highest BCUT2D eigenvalue weighted by Gasteiger charge is 2.03. The van der Waals surface area contributed by atoms with Crippen LogP contribution in [0.15, 0.2) is 41.9 Å². The van der Waals surface area contributed by atoms with Crippen molar-refractivity contribution in [3.63, 3.8) is 0 Å². The van der Waals surface area contributed by atoms with Gasteiger partial charge in [-0.15, -0.1) is 6.58 Å². The van der Waals surface area contributed by atoms with Crippen molar-refractivity contribution in [1.82, 2.24) is 5.32 Å². The number of rotatable bonds is 6. The van der Waals surface area contributed by atoms with Gasteiger partial charge in [-0.05, 0) is 12.1 Å². The van der Waals surface area contributed by atoms with Crippen LogP contribution >= 0.6 is 0 Å². The first-order valence-electron chi connectivity index (χ1n) is 5.75. The molecule has 19 heavy (non-hydrogen) atoms. The minimum atomic E-state index is -0.218. The summed E-state index contributed by atoms with van der Waals surface area (Å²) in [5, 5.41) is 5.48. The van der Waals surface area contributed by atoms with Crippen LogP contribution in [0.1, 0.15) is 0 Å². The monoisotopic (exact) mass is 262 g/mol. The number of benzene rings is 1. The van der Waals surface area contributed by atoms with Crippen molar-refractivity contribution in [2.75, 3.05) is 25.5 Å². The van der Waals surface area contributed by atoms with Gasteiger partial charge in [0.25, 0.3) is 0 Å². The summed E-state index contributed by atoms with van der Waals surface area (Å²) in [6.45, 7) is 3.87. The number of carbonyl (C=O) groups is 1. The molecule has 1 rings (SSSR count). The second kappa shape index (κ2) is 7.75. The number of anilines is 1. The van der Waals surface area contributed by atoms with Crippen LogP contribution in [0.25, 0.3) is 0 Å². The molecule has 4 N–H and O–H groups in total. The lowest BCUT2D eigenvalue weighted by Gasteiger charge is -2.09. The molecule has 0 spiro atoms. The molecule has 0 heterocycles. The van der Waals surface area contributed by atoms with Gasteiger partial charge in [0.1, 0.15) is 12.3 Å². The van der Waals surface area contributed by atoms with Crippen LogP contribution in [0.5, 0.6) is 5.75 Å². The molecule has 0 aliphatic carbocycles. The number of methoxy groups -OCH3 is 1. The van der Waals surface area contributed by atoms with E-state index < -0.39 is 0 Å². The first-order valence-corrected chi connectivity index (χ1v) is 5.75. The van der Waals surface area contributed by atoms with Gasteiger partial charge in [0.15, 0.2) is 5.96 Å². The third-order valence-electron chi connectivity index (χ3n) is 2.21. The molecule has 0 aromatic heterocycles. The fourth-order valence-corrected chi connectivity index (χ4v) is 1.32. The molecule has 0 radical (unpaired) electrons. The fraction of sp³-hybridized carbons (Fsp3) is 0.231. The number of nitrogens with zero attached hydrogens (tertiary/aromatic N) is 1. The molecule has 6 heteroatoms. The second-order valence-electron chi connectivity index (χ2n) is 3.62. The molecule has 0 aliphatic rings. The van der Waals surface area contributed by atoms with E-state index in [1.807, 2.05) is 12.1 Å². The number of nitrogens with two attached hydrogens (primary N) is 1. The highest BCUT2D eigenvalue weighted by molar-refractivity contribution is 5.95. The number of para-hydroxylation sites is 2. The summed E-state index contributed by atoms with van der Waals surface area (Å²) in [5.41, 5.74) is 6.38. The van der Waals surface area contributed by atoms with E-state index in [9.17, 15) is 4.79 Å². The SMILES string of the molecule is C=CCNC(=O)CN=C(N)Nc1ccccc1OC. The average molecular weight is 262 g/mol. The number of hydrogen-bond donors (Lipinski definition) is 3. The molecule has 0 saturated carbocycles. The highest BCUT2D eigenvalue weighted by Crippen LogP contribution is 2.22. The Morgan fingerprint density at radius 3 is 2.95 bits per heavy atom. The van der Waals surface area contributed by atoms with Crippen LogP contribution < -0.4 is 21.1 Å². The topological polar surface area (TPSA) is 88.7 Å². The molecule has 102 valence electrons. The summed E-state index contributed by atoms with van der Waals surface area (Å²) in [5.74, 6) is 0.583. The van der Waals surface area contributed by atoms with Gasteiger partial charge in [0.2, 0.25) is 5.91 Å². The summed E-state index contributed by atoms with van der Waals surface area (Å²) < 4.78 is 5.16. The molecule has 0 aliphatic heterocycles. The predicted molar refractivity (Wildman–Crippen MR) is 76.3 cm³/mol. The number of aliphatic imine (C=N–C) groups is 1. The van der Waals surface area contributed by atoms with E-state index in [-0.39, 0.29) is 18.4 Å². The predicted octanol–water partition coefficient (Wildman–Crippen LogP) is 0.724. The van der Waals surface area contributed by atoms with Crippen LogP contribution in [-0.4, -0.2) is 32.1 Å². The molecule has 6 nitrogen and oxygen atoms in total. The van der Waals surface area contributed by atoms with Crippen molar-refractivity contribution in [2.45, 2.75) is 0 Å². The van der Waals surface area contributed by atoms with Crippen molar-refractivity contribution in [1.29, 1.82) is 0 Å². The van der Waals surface area contributed by atoms with Crippen LogP contribution in [0, 0.1) is 0 Å². The Bertz CT molecular complexity index is 471. The van der Waals surface area contributed by atoms with Gasteiger partial charge in [-0.1, -0.05) is 18.2 Å². The average Bonchev–Trinajstić information content (AvgIpc) is 2.43. The first kappa shape index (κ1) is 14.6. The Kier molecular flexibility index (Phi) is 5.94. The molecular formula is C13H18N4O2. The Labute approximate surface area is 112 Å². The van der Waals surface area contributed by atoms with Crippen molar-refractivity contribution < 1.29 is 9.53 Å². The third kappa shape index (κ3) is 5.12. The molecule has 1 amide bonds. The Morgan fingerprint density at radius 2 is 2.26 bits per heavy atom. The smallest absolute Gasteiger partial charge is 0.242 e. The molecule has 0 unspecified atom stereocenters. The third-order valence-corrected chi connectivity index (χ3v) is 2.21. The van der Waals surface area contributed by atoms with Crippen molar-refractivity contribution >= 4 is 17.6 Å². The fourth-order valence-electron chi connectivity index (χ4n) is 1.32.